The summed E-state index contributed by atoms with van der Waals surface area (Å²) < 4.78 is 23.0. The first-order valence-corrected chi connectivity index (χ1v) is 5.71. The van der Waals surface area contributed by atoms with Crippen molar-refractivity contribution in [2.75, 3.05) is 6.54 Å². The van der Waals surface area contributed by atoms with Crippen molar-refractivity contribution in [2.45, 2.75) is 6.42 Å². The Morgan fingerprint density at radius 1 is 1.67 bits per heavy atom. The van der Waals surface area contributed by atoms with E-state index in [1.807, 2.05) is 5.38 Å². The van der Waals surface area contributed by atoms with E-state index in [9.17, 15) is 8.42 Å². The molecule has 5 nitrogen and oxygen atoms in total. The molecule has 0 aliphatic rings. The van der Waals surface area contributed by atoms with E-state index < -0.39 is 10.2 Å². The number of hydrogen-bond donors (Lipinski definition) is 2. The number of nitrogens with two attached hydrogens (primary N) is 1. The van der Waals surface area contributed by atoms with Crippen LogP contribution in [-0.4, -0.2) is 19.9 Å². The van der Waals surface area contributed by atoms with Gasteiger partial charge in [-0.15, -0.1) is 11.3 Å². The van der Waals surface area contributed by atoms with E-state index in [0.29, 0.717) is 13.0 Å². The Labute approximate surface area is 74.8 Å². The Balaban J connectivity index is 2.29. The van der Waals surface area contributed by atoms with Crippen molar-refractivity contribution in [3.05, 3.63) is 16.6 Å². The van der Waals surface area contributed by atoms with Crippen LogP contribution in [0.2, 0.25) is 0 Å². The van der Waals surface area contributed by atoms with Gasteiger partial charge in [0, 0.05) is 18.3 Å². The van der Waals surface area contributed by atoms with Crippen molar-refractivity contribution >= 4 is 21.5 Å². The standard InChI is InChI=1S/C5H9N3O2S2/c6-12(9,10)8-2-1-5-3-11-4-7-5/h3-4,8H,1-2H2,(H2,6,9,10). The van der Waals surface area contributed by atoms with Gasteiger partial charge in [-0.25, -0.2) is 14.8 Å². The van der Waals surface area contributed by atoms with Gasteiger partial charge in [-0.2, -0.15) is 8.42 Å². The Hall–Kier alpha value is -0.500. The first-order valence-electron chi connectivity index (χ1n) is 3.22. The summed E-state index contributed by atoms with van der Waals surface area (Å²) in [6, 6.07) is 0. The zero-order valence-corrected chi connectivity index (χ0v) is 7.86. The van der Waals surface area contributed by atoms with Crippen molar-refractivity contribution in [1.82, 2.24) is 9.71 Å². The minimum atomic E-state index is -3.55. The molecule has 0 fully saturated rings. The second kappa shape index (κ2) is 3.94. The molecule has 7 heteroatoms. The van der Waals surface area contributed by atoms with Crippen LogP contribution in [0.4, 0.5) is 0 Å². The van der Waals surface area contributed by atoms with E-state index in [1.165, 1.54) is 11.3 Å². The van der Waals surface area contributed by atoms with Crippen LogP contribution in [0.15, 0.2) is 10.9 Å². The van der Waals surface area contributed by atoms with Gasteiger partial charge >= 0.3 is 0 Å². The highest BCUT2D eigenvalue weighted by molar-refractivity contribution is 7.87. The monoisotopic (exact) mass is 207 g/mol. The Morgan fingerprint density at radius 2 is 2.42 bits per heavy atom. The molecule has 0 unspecified atom stereocenters. The third kappa shape index (κ3) is 3.77. The van der Waals surface area contributed by atoms with Crippen LogP contribution in [0.1, 0.15) is 5.69 Å². The zero-order chi connectivity index (χ0) is 9.03. The third-order valence-electron chi connectivity index (χ3n) is 1.17. The van der Waals surface area contributed by atoms with Crippen molar-refractivity contribution in [3.8, 4) is 0 Å². The average Bonchev–Trinajstić information content (AvgIpc) is 2.36. The van der Waals surface area contributed by atoms with E-state index in [1.54, 1.807) is 5.51 Å². The van der Waals surface area contributed by atoms with E-state index in [0.717, 1.165) is 5.69 Å². The van der Waals surface area contributed by atoms with Crippen molar-refractivity contribution < 1.29 is 8.42 Å². The quantitative estimate of drug-likeness (QED) is 0.696. The van der Waals surface area contributed by atoms with Crippen molar-refractivity contribution in [3.63, 3.8) is 0 Å². The highest BCUT2D eigenvalue weighted by Gasteiger charge is 2.00. The lowest BCUT2D eigenvalue weighted by Crippen LogP contribution is -2.32. The topological polar surface area (TPSA) is 85.1 Å². The van der Waals surface area contributed by atoms with Crippen LogP contribution >= 0.6 is 11.3 Å². The average molecular weight is 207 g/mol. The fraction of sp³-hybridized carbons (Fsp3) is 0.400. The normalized spacial score (nSPS) is 11.8. The molecule has 0 bridgehead atoms. The summed E-state index contributed by atoms with van der Waals surface area (Å²) in [7, 11) is -3.55. The van der Waals surface area contributed by atoms with Gasteiger partial charge in [0.05, 0.1) is 11.2 Å². The zero-order valence-electron chi connectivity index (χ0n) is 6.23. The molecule has 0 aromatic carbocycles. The maximum absolute atomic E-state index is 10.4. The number of rotatable bonds is 4. The van der Waals surface area contributed by atoms with Gasteiger partial charge in [0.2, 0.25) is 0 Å². The van der Waals surface area contributed by atoms with Crippen LogP contribution in [0.3, 0.4) is 0 Å². The van der Waals surface area contributed by atoms with Gasteiger partial charge in [0.25, 0.3) is 10.2 Å². The minimum Gasteiger partial charge on any atom is -0.250 e. The molecule has 0 aliphatic carbocycles. The van der Waals surface area contributed by atoms with Crippen molar-refractivity contribution in [2.24, 2.45) is 5.14 Å². The largest absolute Gasteiger partial charge is 0.274 e. The van der Waals surface area contributed by atoms with E-state index in [-0.39, 0.29) is 0 Å². The molecule has 0 amide bonds. The first-order chi connectivity index (χ1) is 5.58. The number of aromatic nitrogens is 1. The van der Waals surface area contributed by atoms with Gasteiger partial charge in [0.15, 0.2) is 0 Å². The molecule has 0 aliphatic heterocycles. The van der Waals surface area contributed by atoms with E-state index >= 15 is 0 Å². The lowest BCUT2D eigenvalue weighted by molar-refractivity contribution is 0.583. The third-order valence-corrected chi connectivity index (χ3v) is 2.41. The molecular formula is C5H9N3O2S2. The Morgan fingerprint density at radius 3 is 2.92 bits per heavy atom. The fourth-order valence-electron chi connectivity index (χ4n) is 0.682. The minimum absolute atomic E-state index is 0.294. The maximum Gasteiger partial charge on any atom is 0.274 e. The lowest BCUT2D eigenvalue weighted by atomic mass is 10.3. The maximum atomic E-state index is 10.4. The molecular weight excluding hydrogens is 198 g/mol. The second-order valence-electron chi connectivity index (χ2n) is 2.17. The summed E-state index contributed by atoms with van der Waals surface area (Å²) in [5, 5.41) is 6.58. The highest BCUT2D eigenvalue weighted by Crippen LogP contribution is 2.00. The summed E-state index contributed by atoms with van der Waals surface area (Å²) in [6.45, 7) is 0.294. The molecule has 1 heterocycles. The first kappa shape index (κ1) is 9.59. The summed E-state index contributed by atoms with van der Waals surface area (Å²) in [6.07, 6.45) is 0.569. The highest BCUT2D eigenvalue weighted by atomic mass is 32.2. The van der Waals surface area contributed by atoms with Crippen LogP contribution in [0.5, 0.6) is 0 Å². The van der Waals surface area contributed by atoms with Crippen LogP contribution in [-0.2, 0) is 16.6 Å². The molecule has 68 valence electrons. The second-order valence-corrected chi connectivity index (χ2v) is 4.27. The summed E-state index contributed by atoms with van der Waals surface area (Å²) >= 11 is 1.48. The Kier molecular flexibility index (Phi) is 3.15. The smallest absolute Gasteiger partial charge is 0.250 e. The van der Waals surface area contributed by atoms with Gasteiger partial charge in [-0.1, -0.05) is 0 Å². The molecule has 12 heavy (non-hydrogen) atoms. The van der Waals surface area contributed by atoms with E-state index in [4.69, 9.17) is 5.14 Å². The lowest BCUT2D eigenvalue weighted by Gasteiger charge is -1.98. The molecule has 0 spiro atoms. The number of thiazole rings is 1. The van der Waals surface area contributed by atoms with Crippen LogP contribution in [0.25, 0.3) is 0 Å². The SMILES string of the molecule is NS(=O)(=O)NCCc1cscn1. The van der Waals surface area contributed by atoms with Gasteiger partial charge < -0.3 is 0 Å². The predicted octanol–water partition coefficient (Wildman–Crippen LogP) is -0.521. The van der Waals surface area contributed by atoms with Gasteiger partial charge in [-0.05, 0) is 0 Å². The molecule has 3 N–H and O–H groups in total. The number of nitrogens with zero attached hydrogens (tertiary/aromatic N) is 1. The van der Waals surface area contributed by atoms with E-state index in [2.05, 4.69) is 9.71 Å². The molecule has 0 atom stereocenters. The fourth-order valence-corrected chi connectivity index (χ4v) is 1.66. The summed E-state index contributed by atoms with van der Waals surface area (Å²) in [5.41, 5.74) is 2.57. The van der Waals surface area contributed by atoms with Gasteiger partial charge in [-0.3, -0.25) is 0 Å². The predicted molar refractivity (Wildman–Crippen MR) is 46.9 cm³/mol. The summed E-state index contributed by atoms with van der Waals surface area (Å²) in [4.78, 5) is 3.98. The number of nitrogens with one attached hydrogen (secondary N) is 1. The van der Waals surface area contributed by atoms with Crippen molar-refractivity contribution in [1.29, 1.82) is 0 Å². The molecule has 0 radical (unpaired) electrons. The summed E-state index contributed by atoms with van der Waals surface area (Å²) in [5.74, 6) is 0. The van der Waals surface area contributed by atoms with Crippen LogP contribution < -0.4 is 9.86 Å². The molecule has 0 saturated heterocycles. The van der Waals surface area contributed by atoms with Gasteiger partial charge in [0.1, 0.15) is 0 Å². The molecule has 1 aromatic rings. The molecule has 1 aromatic heterocycles. The Bertz CT molecular complexity index is 318. The number of hydrogen-bond acceptors (Lipinski definition) is 4. The van der Waals surface area contributed by atoms with Crippen LogP contribution in [0, 0.1) is 0 Å². The molecule has 1 rings (SSSR count). The molecule has 0 saturated carbocycles.